The molecular formula is C23H26N2O5S2. The molecule has 0 spiro atoms. The van der Waals surface area contributed by atoms with Gasteiger partial charge in [-0.3, -0.25) is 9.52 Å². The highest BCUT2D eigenvalue weighted by molar-refractivity contribution is 7.92. The average Bonchev–Trinajstić information content (AvgIpc) is 3.08. The minimum absolute atomic E-state index is 0.0225. The minimum atomic E-state index is -3.97. The lowest BCUT2D eigenvalue weighted by Gasteiger charge is -2.15. The van der Waals surface area contributed by atoms with Crippen LogP contribution in [-0.4, -0.2) is 31.4 Å². The summed E-state index contributed by atoms with van der Waals surface area (Å²) in [7, 11) is -2.56. The number of nitrogens with one attached hydrogen (secondary N) is 1. The smallest absolute Gasteiger partial charge is 0.265 e. The number of Topliss-reactive ketones (excluding diaryl/α,β-unsaturated/α-hetero) is 1. The lowest BCUT2D eigenvalue weighted by Crippen LogP contribution is -2.21. The lowest BCUT2D eigenvalue weighted by atomic mass is 9.89. The SMILES string of the molecule is COc1ccc(-c2sc(CC(=O)C(C)(C)C)nc2C)cc1S(=O)(=O)Nc1ccc(O)cc1. The number of thiazole rings is 1. The topological polar surface area (TPSA) is 106 Å². The van der Waals surface area contributed by atoms with Crippen molar-refractivity contribution in [3.8, 4) is 21.9 Å². The zero-order valence-corrected chi connectivity index (χ0v) is 20.2. The quantitative estimate of drug-likeness (QED) is 0.477. The van der Waals surface area contributed by atoms with Crippen LogP contribution in [0.4, 0.5) is 5.69 Å². The van der Waals surface area contributed by atoms with Crippen LogP contribution in [0.2, 0.25) is 0 Å². The number of anilines is 1. The maximum absolute atomic E-state index is 13.1. The first kappa shape index (κ1) is 23.7. The Morgan fingerprint density at radius 2 is 1.81 bits per heavy atom. The third-order valence-corrected chi connectivity index (χ3v) is 7.43. The van der Waals surface area contributed by atoms with Crippen LogP contribution in [0.3, 0.4) is 0 Å². The highest BCUT2D eigenvalue weighted by Gasteiger charge is 2.25. The van der Waals surface area contributed by atoms with Gasteiger partial charge < -0.3 is 9.84 Å². The molecule has 3 rings (SSSR count). The molecule has 0 aliphatic carbocycles. The van der Waals surface area contributed by atoms with E-state index in [1.165, 1.54) is 48.8 Å². The number of carbonyl (C=O) groups excluding carboxylic acids is 1. The van der Waals surface area contributed by atoms with Gasteiger partial charge in [0.15, 0.2) is 0 Å². The second kappa shape index (κ2) is 8.91. The monoisotopic (exact) mass is 474 g/mol. The number of hydrogen-bond acceptors (Lipinski definition) is 7. The molecule has 0 unspecified atom stereocenters. The molecule has 3 aromatic rings. The summed E-state index contributed by atoms with van der Waals surface area (Å²) in [6.07, 6.45) is 0.235. The van der Waals surface area contributed by atoms with Crippen LogP contribution in [0, 0.1) is 12.3 Å². The van der Waals surface area contributed by atoms with E-state index < -0.39 is 15.4 Å². The Morgan fingerprint density at radius 1 is 1.16 bits per heavy atom. The van der Waals surface area contributed by atoms with E-state index in [4.69, 9.17) is 4.74 Å². The standard InChI is InChI=1S/C23H26N2O5S2/c1-14-22(31-21(24-14)13-20(27)23(2,3)4)15-6-11-18(30-5)19(12-15)32(28,29)25-16-7-9-17(26)10-8-16/h6-12,25-26H,13H2,1-5H3. The summed E-state index contributed by atoms with van der Waals surface area (Å²) in [6.45, 7) is 7.46. The molecule has 0 aliphatic heterocycles. The number of rotatable bonds is 7. The molecule has 0 saturated carbocycles. The van der Waals surface area contributed by atoms with E-state index in [0.29, 0.717) is 16.3 Å². The van der Waals surface area contributed by atoms with Gasteiger partial charge in [0.2, 0.25) is 0 Å². The van der Waals surface area contributed by atoms with E-state index in [9.17, 15) is 18.3 Å². The van der Waals surface area contributed by atoms with Crippen LogP contribution in [0.1, 0.15) is 31.5 Å². The summed E-state index contributed by atoms with van der Waals surface area (Å²) >= 11 is 1.38. The van der Waals surface area contributed by atoms with Crippen LogP contribution in [0.25, 0.3) is 10.4 Å². The van der Waals surface area contributed by atoms with Gasteiger partial charge in [0.1, 0.15) is 27.2 Å². The van der Waals surface area contributed by atoms with Gasteiger partial charge in [0.25, 0.3) is 10.0 Å². The number of phenols is 1. The van der Waals surface area contributed by atoms with Gasteiger partial charge in [0.05, 0.1) is 24.1 Å². The van der Waals surface area contributed by atoms with Gasteiger partial charge >= 0.3 is 0 Å². The first-order valence-electron chi connectivity index (χ1n) is 9.90. The van der Waals surface area contributed by atoms with Gasteiger partial charge in [-0.15, -0.1) is 11.3 Å². The molecule has 32 heavy (non-hydrogen) atoms. The fourth-order valence-electron chi connectivity index (χ4n) is 2.97. The van der Waals surface area contributed by atoms with Crippen molar-refractivity contribution in [2.75, 3.05) is 11.8 Å². The Hall–Kier alpha value is -2.91. The van der Waals surface area contributed by atoms with Crippen LogP contribution >= 0.6 is 11.3 Å². The predicted molar refractivity (Wildman–Crippen MR) is 126 cm³/mol. The van der Waals surface area contributed by atoms with Gasteiger partial charge in [-0.2, -0.15) is 0 Å². The van der Waals surface area contributed by atoms with Crippen LogP contribution in [-0.2, 0) is 21.2 Å². The molecule has 0 bridgehead atoms. The van der Waals surface area contributed by atoms with Crippen LogP contribution in [0.15, 0.2) is 47.4 Å². The summed E-state index contributed by atoms with van der Waals surface area (Å²) < 4.78 is 34.0. The van der Waals surface area contributed by atoms with E-state index in [-0.39, 0.29) is 28.6 Å². The number of methoxy groups -OCH3 is 1. The first-order chi connectivity index (χ1) is 14.9. The van der Waals surface area contributed by atoms with Crippen molar-refractivity contribution < 1.29 is 23.1 Å². The fourth-order valence-corrected chi connectivity index (χ4v) is 5.28. The molecule has 0 fully saturated rings. The van der Waals surface area contributed by atoms with Crippen LogP contribution in [0.5, 0.6) is 11.5 Å². The molecular weight excluding hydrogens is 448 g/mol. The molecule has 0 aliphatic rings. The van der Waals surface area contributed by atoms with Crippen molar-refractivity contribution in [3.05, 3.63) is 53.2 Å². The summed E-state index contributed by atoms with van der Waals surface area (Å²) in [5.74, 6) is 0.327. The zero-order valence-electron chi connectivity index (χ0n) is 18.6. The molecule has 0 saturated heterocycles. The molecule has 9 heteroatoms. The second-order valence-electron chi connectivity index (χ2n) is 8.39. The number of ether oxygens (including phenoxy) is 1. The first-order valence-corrected chi connectivity index (χ1v) is 12.2. The molecule has 170 valence electrons. The van der Waals surface area contributed by atoms with Crippen molar-refractivity contribution in [1.82, 2.24) is 4.98 Å². The van der Waals surface area contributed by atoms with Crippen molar-refractivity contribution in [3.63, 3.8) is 0 Å². The van der Waals surface area contributed by atoms with Gasteiger partial charge in [0, 0.05) is 11.1 Å². The largest absolute Gasteiger partial charge is 0.508 e. The molecule has 0 radical (unpaired) electrons. The van der Waals surface area contributed by atoms with Crippen molar-refractivity contribution in [2.45, 2.75) is 39.0 Å². The fraction of sp³-hybridized carbons (Fsp3) is 0.304. The van der Waals surface area contributed by atoms with Crippen molar-refractivity contribution >= 4 is 32.8 Å². The molecule has 0 atom stereocenters. The molecule has 1 aromatic heterocycles. The highest BCUT2D eigenvalue weighted by Crippen LogP contribution is 2.36. The maximum Gasteiger partial charge on any atom is 0.265 e. The lowest BCUT2D eigenvalue weighted by molar-refractivity contribution is -0.125. The number of carbonyl (C=O) groups is 1. The number of aryl methyl sites for hydroxylation is 1. The van der Waals surface area contributed by atoms with Crippen LogP contribution < -0.4 is 9.46 Å². The van der Waals surface area contributed by atoms with Gasteiger partial charge in [-0.1, -0.05) is 20.8 Å². The summed E-state index contributed by atoms with van der Waals surface area (Å²) in [5.41, 5.74) is 1.25. The van der Waals surface area contributed by atoms with E-state index >= 15 is 0 Å². The number of aromatic nitrogens is 1. The normalized spacial score (nSPS) is 11.9. The Labute approximate surface area is 192 Å². The number of benzene rings is 2. The molecule has 2 N–H and O–H groups in total. The van der Waals surface area contributed by atoms with E-state index in [0.717, 1.165) is 10.6 Å². The van der Waals surface area contributed by atoms with Gasteiger partial charge in [-0.25, -0.2) is 13.4 Å². The van der Waals surface area contributed by atoms with E-state index in [1.807, 2.05) is 27.7 Å². The van der Waals surface area contributed by atoms with Crippen molar-refractivity contribution in [1.29, 1.82) is 0 Å². The van der Waals surface area contributed by atoms with E-state index in [2.05, 4.69) is 9.71 Å². The third kappa shape index (κ3) is 5.28. The number of phenolic OH excluding ortho intramolecular Hbond substituents is 1. The molecule has 7 nitrogen and oxygen atoms in total. The Balaban J connectivity index is 1.98. The summed E-state index contributed by atoms with van der Waals surface area (Å²) in [6, 6.07) is 10.6. The molecule has 1 heterocycles. The highest BCUT2D eigenvalue weighted by atomic mass is 32.2. The number of ketones is 1. The number of hydrogen-bond donors (Lipinski definition) is 2. The number of aromatic hydroxyl groups is 1. The Morgan fingerprint density at radius 3 is 2.41 bits per heavy atom. The minimum Gasteiger partial charge on any atom is -0.508 e. The molecule has 2 aromatic carbocycles. The third-order valence-electron chi connectivity index (χ3n) is 4.82. The van der Waals surface area contributed by atoms with E-state index in [1.54, 1.807) is 12.1 Å². The summed E-state index contributed by atoms with van der Waals surface area (Å²) in [4.78, 5) is 17.7. The van der Waals surface area contributed by atoms with Crippen molar-refractivity contribution in [2.24, 2.45) is 5.41 Å². The Kier molecular flexibility index (Phi) is 6.61. The van der Waals surface area contributed by atoms with Gasteiger partial charge in [-0.05, 0) is 55.0 Å². The Bertz CT molecular complexity index is 1240. The summed E-state index contributed by atoms with van der Waals surface area (Å²) in [5, 5.41) is 10.1. The maximum atomic E-state index is 13.1. The predicted octanol–water partition coefficient (Wildman–Crippen LogP) is 4.79. The number of sulfonamides is 1. The average molecular weight is 475 g/mol. The second-order valence-corrected chi connectivity index (χ2v) is 11.1. The number of nitrogens with zero attached hydrogens (tertiary/aromatic N) is 1. The zero-order chi connectivity index (χ0) is 23.7. The molecule has 0 amide bonds.